The van der Waals surface area contributed by atoms with Crippen LogP contribution in [0.2, 0.25) is 0 Å². The maximum atomic E-state index is 8.79. The fourth-order valence-corrected chi connectivity index (χ4v) is 3.00. The summed E-state index contributed by atoms with van der Waals surface area (Å²) in [6.07, 6.45) is 8.89. The van der Waals surface area contributed by atoms with E-state index in [4.69, 9.17) is 5.26 Å². The van der Waals surface area contributed by atoms with E-state index in [9.17, 15) is 0 Å². The molecule has 0 aromatic carbocycles. The molecule has 0 atom stereocenters. The average Bonchev–Trinajstić information content (AvgIpc) is 2.40. The molecule has 1 aromatic heterocycles. The Labute approximate surface area is 107 Å². The van der Waals surface area contributed by atoms with Crippen LogP contribution in [-0.4, -0.2) is 22.5 Å². The Morgan fingerprint density at radius 3 is 2.82 bits per heavy atom. The van der Waals surface area contributed by atoms with E-state index < -0.39 is 0 Å². The van der Waals surface area contributed by atoms with Crippen molar-refractivity contribution in [3.63, 3.8) is 0 Å². The molecule has 90 valence electrons. The molecule has 1 heterocycles. The van der Waals surface area contributed by atoms with E-state index in [0.717, 1.165) is 10.9 Å². The fourth-order valence-electron chi connectivity index (χ4n) is 2.26. The summed E-state index contributed by atoms with van der Waals surface area (Å²) in [5, 5.41) is 13.1. The SMILES string of the molecule is CSC1CCC(Nc2ccnc(C#N)c2)CC1. The van der Waals surface area contributed by atoms with Gasteiger partial charge in [-0.15, -0.1) is 0 Å². The Kier molecular flexibility index (Phi) is 4.27. The van der Waals surface area contributed by atoms with E-state index in [-0.39, 0.29) is 0 Å². The van der Waals surface area contributed by atoms with Gasteiger partial charge in [-0.1, -0.05) is 0 Å². The number of nitriles is 1. The standard InChI is InChI=1S/C13H17N3S/c1-17-13-4-2-10(3-5-13)16-11-6-7-15-12(8-11)9-14/h6-8,10,13H,2-5H2,1H3,(H,15,16). The Hall–Kier alpha value is -1.21. The lowest BCUT2D eigenvalue weighted by Crippen LogP contribution is -2.27. The number of nitrogens with zero attached hydrogens (tertiary/aromatic N) is 2. The normalized spacial score (nSPS) is 24.0. The molecule has 0 aliphatic heterocycles. The Morgan fingerprint density at radius 2 is 2.18 bits per heavy atom. The average molecular weight is 247 g/mol. The van der Waals surface area contributed by atoms with Crippen LogP contribution in [0.1, 0.15) is 31.4 Å². The van der Waals surface area contributed by atoms with Crippen LogP contribution in [0.5, 0.6) is 0 Å². The molecule has 0 amide bonds. The number of rotatable bonds is 3. The van der Waals surface area contributed by atoms with Gasteiger partial charge in [-0.2, -0.15) is 17.0 Å². The van der Waals surface area contributed by atoms with E-state index in [1.165, 1.54) is 25.7 Å². The van der Waals surface area contributed by atoms with Gasteiger partial charge in [0, 0.05) is 23.2 Å². The largest absolute Gasteiger partial charge is 0.382 e. The van der Waals surface area contributed by atoms with Crippen LogP contribution in [0.15, 0.2) is 18.3 Å². The minimum atomic E-state index is 0.479. The molecule has 1 N–H and O–H groups in total. The zero-order valence-electron chi connectivity index (χ0n) is 10.0. The minimum absolute atomic E-state index is 0.479. The van der Waals surface area contributed by atoms with E-state index in [2.05, 4.69) is 22.6 Å². The van der Waals surface area contributed by atoms with Gasteiger partial charge in [0.05, 0.1) is 0 Å². The van der Waals surface area contributed by atoms with Gasteiger partial charge < -0.3 is 5.32 Å². The third-order valence-electron chi connectivity index (χ3n) is 3.25. The second kappa shape index (κ2) is 5.92. The first-order valence-corrected chi connectivity index (χ1v) is 7.26. The quantitative estimate of drug-likeness (QED) is 0.892. The first-order valence-electron chi connectivity index (χ1n) is 5.97. The summed E-state index contributed by atoms with van der Waals surface area (Å²) in [4.78, 5) is 3.97. The number of aromatic nitrogens is 1. The molecule has 0 spiro atoms. The third kappa shape index (κ3) is 3.37. The molecule has 17 heavy (non-hydrogen) atoms. The molecule has 0 bridgehead atoms. The zero-order valence-corrected chi connectivity index (χ0v) is 10.8. The molecule has 1 aromatic rings. The highest BCUT2D eigenvalue weighted by Crippen LogP contribution is 2.28. The molecule has 3 nitrogen and oxygen atoms in total. The highest BCUT2D eigenvalue weighted by Gasteiger charge is 2.20. The van der Waals surface area contributed by atoms with Crippen LogP contribution >= 0.6 is 11.8 Å². The number of thioether (sulfide) groups is 1. The molecular weight excluding hydrogens is 230 g/mol. The van der Waals surface area contributed by atoms with Crippen molar-refractivity contribution in [1.29, 1.82) is 5.26 Å². The number of pyridine rings is 1. The number of anilines is 1. The predicted molar refractivity (Wildman–Crippen MR) is 72.1 cm³/mol. The van der Waals surface area contributed by atoms with Crippen molar-refractivity contribution in [2.75, 3.05) is 11.6 Å². The van der Waals surface area contributed by atoms with Gasteiger partial charge in [-0.05, 0) is 44.1 Å². The Balaban J connectivity index is 1.91. The predicted octanol–water partition coefficient (Wildman–Crippen LogP) is 3.04. The molecular formula is C13H17N3S. The van der Waals surface area contributed by atoms with E-state index >= 15 is 0 Å². The van der Waals surface area contributed by atoms with Crippen molar-refractivity contribution in [3.05, 3.63) is 24.0 Å². The van der Waals surface area contributed by atoms with Crippen LogP contribution in [0.3, 0.4) is 0 Å². The lowest BCUT2D eigenvalue weighted by molar-refractivity contribution is 0.473. The fraction of sp³-hybridized carbons (Fsp3) is 0.538. The highest BCUT2D eigenvalue weighted by molar-refractivity contribution is 7.99. The van der Waals surface area contributed by atoms with Gasteiger partial charge >= 0.3 is 0 Å². The van der Waals surface area contributed by atoms with Crippen LogP contribution in [0.25, 0.3) is 0 Å². The summed E-state index contributed by atoms with van der Waals surface area (Å²) in [5.74, 6) is 0. The zero-order chi connectivity index (χ0) is 12.1. The van der Waals surface area contributed by atoms with E-state index in [1.807, 2.05) is 23.9 Å². The Bertz CT molecular complexity index is 405. The third-order valence-corrected chi connectivity index (χ3v) is 4.39. The summed E-state index contributed by atoms with van der Waals surface area (Å²) in [5.41, 5.74) is 1.50. The van der Waals surface area contributed by atoms with Crippen molar-refractivity contribution in [2.24, 2.45) is 0 Å². The van der Waals surface area contributed by atoms with Crippen LogP contribution in [0, 0.1) is 11.3 Å². The second-order valence-corrected chi connectivity index (χ2v) is 5.53. The van der Waals surface area contributed by atoms with Crippen molar-refractivity contribution >= 4 is 17.4 Å². The summed E-state index contributed by atoms with van der Waals surface area (Å²) < 4.78 is 0. The molecule has 1 fully saturated rings. The van der Waals surface area contributed by atoms with Gasteiger partial charge in [-0.25, -0.2) is 4.98 Å². The number of hydrogen-bond donors (Lipinski definition) is 1. The van der Waals surface area contributed by atoms with Crippen LogP contribution in [-0.2, 0) is 0 Å². The molecule has 1 aliphatic carbocycles. The van der Waals surface area contributed by atoms with Gasteiger partial charge in [0.15, 0.2) is 0 Å². The lowest BCUT2D eigenvalue weighted by Gasteiger charge is -2.28. The van der Waals surface area contributed by atoms with E-state index in [0.29, 0.717) is 11.7 Å². The second-order valence-electron chi connectivity index (χ2n) is 4.40. The van der Waals surface area contributed by atoms with Crippen molar-refractivity contribution < 1.29 is 0 Å². The maximum Gasteiger partial charge on any atom is 0.142 e. The lowest BCUT2D eigenvalue weighted by atomic mass is 9.95. The first kappa shape index (κ1) is 12.3. The van der Waals surface area contributed by atoms with Gasteiger partial charge in [0.2, 0.25) is 0 Å². The molecule has 0 saturated heterocycles. The topological polar surface area (TPSA) is 48.7 Å². The van der Waals surface area contributed by atoms with Crippen molar-refractivity contribution in [1.82, 2.24) is 4.98 Å². The molecule has 4 heteroatoms. The van der Waals surface area contributed by atoms with Gasteiger partial charge in [0.1, 0.15) is 11.8 Å². The summed E-state index contributed by atoms with van der Waals surface area (Å²) in [6.45, 7) is 0. The smallest absolute Gasteiger partial charge is 0.142 e. The van der Waals surface area contributed by atoms with E-state index in [1.54, 1.807) is 6.20 Å². The van der Waals surface area contributed by atoms with Crippen molar-refractivity contribution in [3.8, 4) is 6.07 Å². The molecule has 2 rings (SSSR count). The monoisotopic (exact) mass is 247 g/mol. The molecule has 1 saturated carbocycles. The summed E-state index contributed by atoms with van der Waals surface area (Å²) >= 11 is 1.98. The minimum Gasteiger partial charge on any atom is -0.382 e. The van der Waals surface area contributed by atoms with Gasteiger partial charge in [0.25, 0.3) is 0 Å². The van der Waals surface area contributed by atoms with Gasteiger partial charge in [-0.3, -0.25) is 0 Å². The number of hydrogen-bond acceptors (Lipinski definition) is 4. The van der Waals surface area contributed by atoms with Crippen LogP contribution in [0.4, 0.5) is 5.69 Å². The van der Waals surface area contributed by atoms with Crippen LogP contribution < -0.4 is 5.32 Å². The highest BCUT2D eigenvalue weighted by atomic mass is 32.2. The first-order chi connectivity index (χ1) is 8.31. The number of nitrogens with one attached hydrogen (secondary N) is 1. The Morgan fingerprint density at radius 1 is 1.41 bits per heavy atom. The summed E-state index contributed by atoms with van der Waals surface area (Å²) in [7, 11) is 0. The van der Waals surface area contributed by atoms with Crippen molar-refractivity contribution in [2.45, 2.75) is 37.0 Å². The molecule has 0 radical (unpaired) electrons. The summed E-state index contributed by atoms with van der Waals surface area (Å²) in [6, 6.07) is 6.37. The maximum absolute atomic E-state index is 8.79. The molecule has 1 aliphatic rings. The molecule has 0 unspecified atom stereocenters.